The second-order valence-electron chi connectivity index (χ2n) is 14.2. The summed E-state index contributed by atoms with van der Waals surface area (Å²) in [5.41, 5.74) is 14.0. The van der Waals surface area contributed by atoms with E-state index in [1.807, 2.05) is 0 Å². The van der Waals surface area contributed by atoms with Crippen LogP contribution in [-0.4, -0.2) is 3.21 Å². The zero-order valence-electron chi connectivity index (χ0n) is 28.2. The van der Waals surface area contributed by atoms with E-state index in [4.69, 9.17) is 0 Å². The Morgan fingerprint density at radius 3 is 1.89 bits per heavy atom. The fraction of sp³-hybridized carbons (Fsp3) is 0.250. The van der Waals surface area contributed by atoms with Crippen LogP contribution in [0, 0.1) is 18.1 Å². The first-order valence-electron chi connectivity index (χ1n) is 16.1. The molecule has 0 aliphatic heterocycles. The van der Waals surface area contributed by atoms with E-state index < -0.39 is 0 Å². The molecule has 4 aromatic carbocycles. The van der Waals surface area contributed by atoms with Gasteiger partial charge in [-0.1, -0.05) is 101 Å². The van der Waals surface area contributed by atoms with Crippen molar-refractivity contribution in [1.29, 1.82) is 0 Å². The van der Waals surface area contributed by atoms with Crippen LogP contribution in [0.25, 0.3) is 16.7 Å². The third-order valence-corrected chi connectivity index (χ3v) is 10.5. The van der Waals surface area contributed by atoms with Crippen LogP contribution in [0.1, 0.15) is 87.4 Å². The molecule has 1 atom stereocenters. The summed E-state index contributed by atoms with van der Waals surface area (Å²) >= 11 is 3.19. The summed E-state index contributed by atoms with van der Waals surface area (Å²) in [5, 5.41) is 4.26. The van der Waals surface area contributed by atoms with Gasteiger partial charge in [-0.05, 0) is 22.8 Å². The van der Waals surface area contributed by atoms with E-state index in [0.29, 0.717) is 5.92 Å². The molecule has 2 aliphatic carbocycles. The molecule has 0 bridgehead atoms. The molecule has 0 fully saturated rings. The molecular formula is C44H44SZr. The van der Waals surface area contributed by atoms with Crippen molar-refractivity contribution in [1.82, 2.24) is 0 Å². The van der Waals surface area contributed by atoms with Crippen LogP contribution in [0.4, 0.5) is 0 Å². The number of hydrogen-bond donors (Lipinski definition) is 0. The van der Waals surface area contributed by atoms with E-state index in [1.54, 1.807) is 11.3 Å². The van der Waals surface area contributed by atoms with Gasteiger partial charge in [-0.2, -0.15) is 58.4 Å². The monoisotopic (exact) mass is 694 g/mol. The molecule has 0 nitrogen and oxygen atoms in total. The molecule has 0 saturated heterocycles. The summed E-state index contributed by atoms with van der Waals surface area (Å²) in [5.74, 6) is 0.491. The Morgan fingerprint density at radius 1 is 0.761 bits per heavy atom. The molecule has 2 aliphatic rings. The predicted octanol–water partition coefficient (Wildman–Crippen LogP) is 11.6. The van der Waals surface area contributed by atoms with Gasteiger partial charge in [0.25, 0.3) is 0 Å². The number of benzene rings is 4. The first-order chi connectivity index (χ1) is 21.9. The van der Waals surface area contributed by atoms with Crippen molar-refractivity contribution in [2.75, 3.05) is 0 Å². The van der Waals surface area contributed by atoms with Crippen LogP contribution in [0.3, 0.4) is 0 Å². The predicted molar refractivity (Wildman–Crippen MR) is 196 cm³/mol. The van der Waals surface area contributed by atoms with Gasteiger partial charge in [0.05, 0.1) is 0 Å². The number of fused-ring (bicyclic) bond motifs is 3. The van der Waals surface area contributed by atoms with Gasteiger partial charge in [-0.15, -0.1) is 17.2 Å². The first-order valence-corrected chi connectivity index (χ1v) is 18.3. The second-order valence-corrected chi connectivity index (χ2v) is 16.2. The number of rotatable bonds is 3. The molecule has 1 unspecified atom stereocenters. The first kappa shape index (κ1) is 34.2. The normalized spacial score (nSPS) is 14.7. The van der Waals surface area contributed by atoms with E-state index in [9.17, 15) is 0 Å². The Morgan fingerprint density at radius 2 is 1.37 bits per heavy atom. The summed E-state index contributed by atoms with van der Waals surface area (Å²) < 4.78 is 1.42. The fourth-order valence-electron chi connectivity index (χ4n) is 5.54. The Balaban J connectivity index is 0.000000144. The number of thiophene rings is 1. The number of hydrogen-bond acceptors (Lipinski definition) is 1. The van der Waals surface area contributed by atoms with Crippen molar-refractivity contribution in [2.45, 2.75) is 65.7 Å². The van der Waals surface area contributed by atoms with Crippen LogP contribution in [-0.2, 0) is 41.5 Å². The molecule has 0 N–H and O–H groups in total. The average molecular weight is 696 g/mol. The Bertz CT molecular complexity index is 1720. The summed E-state index contributed by atoms with van der Waals surface area (Å²) in [6, 6.07) is 38.3. The molecule has 0 saturated carbocycles. The van der Waals surface area contributed by atoms with Crippen molar-refractivity contribution in [3.63, 3.8) is 0 Å². The Labute approximate surface area is 296 Å². The molecule has 0 spiro atoms. The topological polar surface area (TPSA) is 0 Å². The maximum absolute atomic E-state index is 3.53. The van der Waals surface area contributed by atoms with E-state index in [2.05, 4.69) is 181 Å². The molecule has 1 aromatic heterocycles. The second kappa shape index (κ2) is 14.7. The molecule has 7 rings (SSSR count). The van der Waals surface area contributed by atoms with E-state index in [1.165, 1.54) is 83.1 Å². The zero-order chi connectivity index (χ0) is 32.9. The van der Waals surface area contributed by atoms with Gasteiger partial charge >= 0.3 is 99.2 Å². The van der Waals surface area contributed by atoms with Crippen molar-refractivity contribution >= 4 is 20.1 Å². The maximum atomic E-state index is 3.53. The molecule has 2 heteroatoms. The summed E-state index contributed by atoms with van der Waals surface area (Å²) in [7, 11) is 0. The Hall–Kier alpha value is -3.19. The van der Waals surface area contributed by atoms with Crippen LogP contribution >= 0.6 is 11.3 Å². The van der Waals surface area contributed by atoms with E-state index >= 15 is 0 Å². The number of allylic oxidation sites excluding steroid dienone is 4. The van der Waals surface area contributed by atoms with Gasteiger partial charge in [0.1, 0.15) is 0 Å². The minimum absolute atomic E-state index is 0.177. The minimum atomic E-state index is 0.177. The molecule has 230 valence electrons. The third kappa shape index (κ3) is 8.58. The molecule has 46 heavy (non-hydrogen) atoms. The van der Waals surface area contributed by atoms with E-state index in [0.717, 1.165) is 6.42 Å². The SMILES string of the molecule is CC(C)(C)c1c[c-]c2c(c1)-c1cc(C(C)(C)C)ccc1C2.CC1[C-]=C(c2ccsc2)C=C1.[Zr+2]=[C](c1ccccc1)c1ccccc1. The molecule has 5 aromatic rings. The average Bonchev–Trinajstić information content (AvgIpc) is 3.81. The van der Waals surface area contributed by atoms with Crippen molar-refractivity contribution in [3.8, 4) is 11.1 Å². The molecule has 0 amide bonds. The van der Waals surface area contributed by atoms with E-state index in [-0.39, 0.29) is 10.8 Å². The van der Waals surface area contributed by atoms with Crippen LogP contribution < -0.4 is 0 Å². The third-order valence-electron chi connectivity index (χ3n) is 8.42. The molecule has 1 heterocycles. The summed E-state index contributed by atoms with van der Waals surface area (Å²) in [4.78, 5) is 0. The van der Waals surface area contributed by atoms with Gasteiger partial charge < -0.3 is 0 Å². The van der Waals surface area contributed by atoms with Gasteiger partial charge in [0.2, 0.25) is 0 Å². The van der Waals surface area contributed by atoms with Gasteiger partial charge in [-0.3, -0.25) is 0 Å². The fourth-order valence-corrected chi connectivity index (χ4v) is 7.02. The van der Waals surface area contributed by atoms with Gasteiger partial charge in [0, 0.05) is 0 Å². The standard InChI is InChI=1S/C21H25.C13H10.C10H9S.Zr/c1-20(2,3)16-9-7-14-11-15-8-10-17(21(4,5)6)13-19(15)18(14)12-16;1-3-7-12(8-4-1)11-13-9-5-2-6-10-13;1-8-2-3-9(6-8)10-4-5-11-7-10;/h7,9-10,12-13H,11H2,1-6H3;1-10H;2-5,7-8H,1H3;/q-1;;-1;+2. The van der Waals surface area contributed by atoms with Gasteiger partial charge in [0.15, 0.2) is 0 Å². The van der Waals surface area contributed by atoms with Crippen molar-refractivity contribution in [3.05, 3.63) is 171 Å². The van der Waals surface area contributed by atoms with Gasteiger partial charge in [-0.25, -0.2) is 0 Å². The zero-order valence-corrected chi connectivity index (χ0v) is 31.5. The van der Waals surface area contributed by atoms with Crippen molar-refractivity contribution in [2.24, 2.45) is 5.92 Å². The Kier molecular flexibility index (Phi) is 10.9. The van der Waals surface area contributed by atoms with Crippen LogP contribution in [0.5, 0.6) is 0 Å². The summed E-state index contributed by atoms with van der Waals surface area (Å²) in [6.45, 7) is 15.8. The quantitative estimate of drug-likeness (QED) is 0.162. The molecular weight excluding hydrogens is 652 g/mol. The molecule has 0 radical (unpaired) electrons. The van der Waals surface area contributed by atoms with Crippen LogP contribution in [0.2, 0.25) is 0 Å². The van der Waals surface area contributed by atoms with Crippen molar-refractivity contribution < 1.29 is 24.2 Å². The van der Waals surface area contributed by atoms with Crippen LogP contribution in [0.15, 0.2) is 120 Å². The summed E-state index contributed by atoms with van der Waals surface area (Å²) in [6.07, 6.45) is 8.71.